The number of ether oxygens (including phenoxy) is 2. The van der Waals surface area contributed by atoms with Gasteiger partial charge in [0, 0.05) is 29.3 Å². The molecule has 8 nitrogen and oxygen atoms in total. The number of azide groups is 1. The highest BCUT2D eigenvalue weighted by Crippen LogP contribution is 2.36. The second-order valence-electron chi connectivity index (χ2n) is 4.57. The van der Waals surface area contributed by atoms with E-state index in [1.807, 2.05) is 0 Å². The molecule has 1 saturated heterocycles. The van der Waals surface area contributed by atoms with Crippen LogP contribution in [0.5, 0.6) is 0 Å². The third kappa shape index (κ3) is 3.82. The highest BCUT2D eigenvalue weighted by Gasteiger charge is 2.45. The normalized spacial score (nSPS) is 31.5. The van der Waals surface area contributed by atoms with Gasteiger partial charge in [-0.05, 0) is 11.6 Å². The molecule has 0 aliphatic carbocycles. The standard InChI is InChI=1S/C12H15ClN4O4S/c1-20-11-9(16-17-14)10(19)8(5-18)21-12(11)22-7-2-6(13)3-15-4-7/h2-4,8-12,18-19H,5H2,1H3/t8?,9-,10-,11?,12+/m0/s1. The Bertz CT molecular complexity index is 560. The van der Waals surface area contributed by atoms with Gasteiger partial charge in [0.15, 0.2) is 0 Å². The first-order chi connectivity index (χ1) is 10.6. The number of hydrogen-bond donors (Lipinski definition) is 2. The van der Waals surface area contributed by atoms with E-state index in [0.29, 0.717) is 5.02 Å². The van der Waals surface area contributed by atoms with E-state index in [2.05, 4.69) is 15.0 Å². The van der Waals surface area contributed by atoms with Crippen LogP contribution in [0.25, 0.3) is 10.4 Å². The number of rotatable bonds is 5. The fourth-order valence-corrected chi connectivity index (χ4v) is 3.61. The maximum atomic E-state index is 10.1. The smallest absolute Gasteiger partial charge is 0.134 e. The topological polar surface area (TPSA) is 121 Å². The summed E-state index contributed by atoms with van der Waals surface area (Å²) in [6.07, 6.45) is 0.405. The molecule has 10 heteroatoms. The van der Waals surface area contributed by atoms with Crippen LogP contribution in [0.1, 0.15) is 0 Å². The first-order valence-electron chi connectivity index (χ1n) is 6.39. The van der Waals surface area contributed by atoms with Crippen LogP contribution < -0.4 is 0 Å². The lowest BCUT2D eigenvalue weighted by Gasteiger charge is -2.41. The van der Waals surface area contributed by atoms with E-state index in [-0.39, 0.29) is 0 Å². The van der Waals surface area contributed by atoms with Crippen LogP contribution in [-0.2, 0) is 9.47 Å². The molecule has 2 heterocycles. The Hall–Kier alpha value is -1.06. The quantitative estimate of drug-likeness (QED) is 0.474. The van der Waals surface area contributed by atoms with Gasteiger partial charge in [-0.3, -0.25) is 4.98 Å². The lowest BCUT2D eigenvalue weighted by molar-refractivity contribution is -0.167. The summed E-state index contributed by atoms with van der Waals surface area (Å²) < 4.78 is 11.0. The van der Waals surface area contributed by atoms with Crippen molar-refractivity contribution in [3.05, 3.63) is 33.9 Å². The Labute approximate surface area is 136 Å². The van der Waals surface area contributed by atoms with Gasteiger partial charge in [-0.15, -0.1) is 0 Å². The second kappa shape index (κ2) is 7.98. The number of aliphatic hydroxyl groups is 2. The maximum Gasteiger partial charge on any atom is 0.134 e. The maximum absolute atomic E-state index is 10.1. The largest absolute Gasteiger partial charge is 0.394 e. The number of methoxy groups -OCH3 is 1. The van der Waals surface area contributed by atoms with E-state index >= 15 is 0 Å². The third-order valence-corrected chi connectivity index (χ3v) is 4.53. The minimum atomic E-state index is -1.15. The predicted molar refractivity (Wildman–Crippen MR) is 80.6 cm³/mol. The number of aliphatic hydroxyl groups excluding tert-OH is 2. The Morgan fingerprint density at radius 3 is 2.95 bits per heavy atom. The number of hydrogen-bond acceptors (Lipinski definition) is 7. The first-order valence-corrected chi connectivity index (χ1v) is 7.65. The lowest BCUT2D eigenvalue weighted by Crippen LogP contribution is -2.57. The van der Waals surface area contributed by atoms with Crippen LogP contribution in [0.4, 0.5) is 0 Å². The Morgan fingerprint density at radius 1 is 1.59 bits per heavy atom. The van der Waals surface area contributed by atoms with E-state index in [0.717, 1.165) is 4.90 Å². The molecule has 0 aromatic carbocycles. The van der Waals surface area contributed by atoms with Crippen LogP contribution in [0.15, 0.2) is 28.5 Å². The SMILES string of the molecule is COC1[C@@H](Sc2cncc(Cl)c2)OC(CO)[C@H](O)[C@@H]1N=[N+]=[N-]. The highest BCUT2D eigenvalue weighted by atomic mass is 35.5. The first kappa shape index (κ1) is 17.3. The van der Waals surface area contributed by atoms with Gasteiger partial charge in [-0.25, -0.2) is 0 Å². The fraction of sp³-hybridized carbons (Fsp3) is 0.583. The molecule has 2 unspecified atom stereocenters. The molecule has 0 saturated carbocycles. The summed E-state index contributed by atoms with van der Waals surface area (Å²) in [7, 11) is 1.43. The van der Waals surface area contributed by atoms with Gasteiger partial charge in [0.25, 0.3) is 0 Å². The van der Waals surface area contributed by atoms with E-state index in [1.165, 1.54) is 25.1 Å². The Kier molecular flexibility index (Phi) is 6.27. The summed E-state index contributed by atoms with van der Waals surface area (Å²) in [4.78, 5) is 7.45. The number of aromatic nitrogens is 1. The number of thioether (sulfide) groups is 1. The fourth-order valence-electron chi connectivity index (χ4n) is 2.19. The van der Waals surface area contributed by atoms with Crippen molar-refractivity contribution in [3.8, 4) is 0 Å². The van der Waals surface area contributed by atoms with Gasteiger partial charge in [-0.1, -0.05) is 28.5 Å². The van der Waals surface area contributed by atoms with Crippen molar-refractivity contribution < 1.29 is 19.7 Å². The molecule has 1 aromatic rings. The predicted octanol–water partition coefficient (Wildman–Crippen LogP) is 1.60. The van der Waals surface area contributed by atoms with Gasteiger partial charge in [-0.2, -0.15) is 0 Å². The van der Waals surface area contributed by atoms with E-state index < -0.39 is 36.4 Å². The molecular formula is C12H15ClN4O4S. The molecule has 1 aliphatic heterocycles. The summed E-state index contributed by atoms with van der Waals surface area (Å²) in [6, 6.07) is 0.835. The van der Waals surface area contributed by atoms with Crippen LogP contribution in [0, 0.1) is 0 Å². The molecule has 0 amide bonds. The van der Waals surface area contributed by atoms with Crippen molar-refractivity contribution in [2.75, 3.05) is 13.7 Å². The molecule has 120 valence electrons. The monoisotopic (exact) mass is 346 g/mol. The van der Waals surface area contributed by atoms with Crippen LogP contribution in [0.2, 0.25) is 5.02 Å². The van der Waals surface area contributed by atoms with Gasteiger partial charge in [0.2, 0.25) is 0 Å². The minimum Gasteiger partial charge on any atom is -0.394 e. The van der Waals surface area contributed by atoms with Crippen molar-refractivity contribution in [3.63, 3.8) is 0 Å². The average Bonchev–Trinajstić information content (AvgIpc) is 2.50. The molecule has 0 bridgehead atoms. The van der Waals surface area contributed by atoms with E-state index in [1.54, 1.807) is 12.3 Å². The van der Waals surface area contributed by atoms with Crippen molar-refractivity contribution in [2.45, 2.75) is 34.7 Å². The van der Waals surface area contributed by atoms with Gasteiger partial charge >= 0.3 is 0 Å². The zero-order valence-electron chi connectivity index (χ0n) is 11.6. The van der Waals surface area contributed by atoms with Crippen molar-refractivity contribution >= 4 is 23.4 Å². The summed E-state index contributed by atoms with van der Waals surface area (Å²) in [6.45, 7) is -0.403. The Balaban J connectivity index is 2.25. The van der Waals surface area contributed by atoms with Crippen molar-refractivity contribution in [1.29, 1.82) is 0 Å². The molecule has 0 radical (unpaired) electrons. The molecular weight excluding hydrogens is 332 g/mol. The molecule has 1 fully saturated rings. The average molecular weight is 347 g/mol. The summed E-state index contributed by atoms with van der Waals surface area (Å²) >= 11 is 7.16. The van der Waals surface area contributed by atoms with Crippen LogP contribution >= 0.6 is 23.4 Å². The molecule has 2 rings (SSSR count). The van der Waals surface area contributed by atoms with Crippen LogP contribution in [0.3, 0.4) is 0 Å². The van der Waals surface area contributed by atoms with Gasteiger partial charge < -0.3 is 19.7 Å². The zero-order valence-corrected chi connectivity index (χ0v) is 13.2. The van der Waals surface area contributed by atoms with Crippen molar-refractivity contribution in [2.24, 2.45) is 5.11 Å². The number of pyridine rings is 1. The van der Waals surface area contributed by atoms with E-state index in [4.69, 9.17) is 26.6 Å². The molecule has 0 spiro atoms. The summed E-state index contributed by atoms with van der Waals surface area (Å²) in [5.74, 6) is 0. The lowest BCUT2D eigenvalue weighted by atomic mass is 9.98. The highest BCUT2D eigenvalue weighted by molar-refractivity contribution is 7.99. The molecule has 1 aliphatic rings. The van der Waals surface area contributed by atoms with Crippen molar-refractivity contribution in [1.82, 2.24) is 4.98 Å². The molecule has 5 atom stereocenters. The number of nitrogens with zero attached hydrogens (tertiary/aromatic N) is 4. The Morgan fingerprint density at radius 2 is 2.36 bits per heavy atom. The van der Waals surface area contributed by atoms with Gasteiger partial charge in [0.05, 0.1) is 23.8 Å². The third-order valence-electron chi connectivity index (χ3n) is 3.21. The second-order valence-corrected chi connectivity index (χ2v) is 6.18. The molecule has 2 N–H and O–H groups in total. The van der Waals surface area contributed by atoms with Crippen LogP contribution in [-0.4, -0.2) is 58.7 Å². The summed E-state index contributed by atoms with van der Waals surface area (Å²) in [5, 5.41) is 23.5. The summed E-state index contributed by atoms with van der Waals surface area (Å²) in [5.41, 5.74) is 8.08. The molecule has 22 heavy (non-hydrogen) atoms. The molecule has 1 aromatic heterocycles. The number of halogens is 1. The zero-order chi connectivity index (χ0) is 16.1. The minimum absolute atomic E-state index is 0.403. The van der Waals surface area contributed by atoms with Gasteiger partial charge in [0.1, 0.15) is 17.6 Å². The van der Waals surface area contributed by atoms with E-state index in [9.17, 15) is 10.2 Å².